The van der Waals surface area contributed by atoms with Crippen molar-refractivity contribution in [1.29, 1.82) is 0 Å². The number of alkyl halides is 3. The van der Waals surface area contributed by atoms with Crippen molar-refractivity contribution in [2.24, 2.45) is 5.84 Å². The predicted octanol–water partition coefficient (Wildman–Crippen LogP) is 2.24. The molecule has 0 aliphatic heterocycles. The predicted molar refractivity (Wildman–Crippen MR) is 69.3 cm³/mol. The summed E-state index contributed by atoms with van der Waals surface area (Å²) in [5.41, 5.74) is 8.57. The molecule has 0 aliphatic rings. The number of rotatable bonds is 3. The van der Waals surface area contributed by atoms with Gasteiger partial charge in [-0.1, -0.05) is 6.07 Å². The molecule has 0 amide bonds. The lowest BCUT2D eigenvalue weighted by molar-refractivity contribution is -0.137. The Morgan fingerprint density at radius 2 is 1.95 bits per heavy atom. The summed E-state index contributed by atoms with van der Waals surface area (Å²) in [4.78, 5) is 3.92. The molecule has 0 saturated carbocycles. The van der Waals surface area contributed by atoms with Crippen LogP contribution in [0.4, 0.5) is 18.9 Å². The van der Waals surface area contributed by atoms with E-state index in [9.17, 15) is 13.2 Å². The molecule has 5 N–H and O–H groups in total. The van der Waals surface area contributed by atoms with Gasteiger partial charge in [-0.25, -0.2) is 5.43 Å². The number of nitrogen functional groups attached to an aromatic ring is 1. The number of hydrogen-bond donors (Lipinski definition) is 3. The molecule has 4 nitrogen and oxygen atoms in total. The molecule has 0 spiro atoms. The topological polar surface area (TPSA) is 77.0 Å². The Balaban J connectivity index is 2.50. The standard InChI is InChI=1S/C13H13F3N4/c14-13(15,16)9-3-4-11(17)10(6-9)12(20-18)8-2-1-5-19-7-8/h1-7,12,20H,17-18H2. The van der Waals surface area contributed by atoms with E-state index < -0.39 is 17.8 Å². The van der Waals surface area contributed by atoms with Gasteiger partial charge in [-0.05, 0) is 35.4 Å². The zero-order valence-electron chi connectivity index (χ0n) is 10.4. The van der Waals surface area contributed by atoms with E-state index in [2.05, 4.69) is 10.4 Å². The Bertz CT molecular complexity index is 584. The van der Waals surface area contributed by atoms with Crippen molar-refractivity contribution >= 4 is 5.69 Å². The molecule has 1 heterocycles. The van der Waals surface area contributed by atoms with Crippen LogP contribution in [-0.4, -0.2) is 4.98 Å². The van der Waals surface area contributed by atoms with Gasteiger partial charge in [0, 0.05) is 18.1 Å². The quantitative estimate of drug-likeness (QED) is 0.458. The second-order valence-corrected chi connectivity index (χ2v) is 4.23. The summed E-state index contributed by atoms with van der Waals surface area (Å²) in [5, 5.41) is 0. The van der Waals surface area contributed by atoms with Crippen molar-refractivity contribution in [2.45, 2.75) is 12.2 Å². The molecule has 20 heavy (non-hydrogen) atoms. The van der Waals surface area contributed by atoms with Crippen LogP contribution in [0, 0.1) is 0 Å². The molecule has 1 aromatic carbocycles. The minimum Gasteiger partial charge on any atom is -0.398 e. The number of hydrogen-bond acceptors (Lipinski definition) is 4. The van der Waals surface area contributed by atoms with Crippen LogP contribution in [0.1, 0.15) is 22.7 Å². The Kier molecular flexibility index (Phi) is 3.91. The highest BCUT2D eigenvalue weighted by Crippen LogP contribution is 2.34. The van der Waals surface area contributed by atoms with Crippen LogP contribution in [0.2, 0.25) is 0 Å². The highest BCUT2D eigenvalue weighted by atomic mass is 19.4. The zero-order chi connectivity index (χ0) is 14.8. The largest absolute Gasteiger partial charge is 0.416 e. The number of hydrazine groups is 1. The van der Waals surface area contributed by atoms with Crippen molar-refractivity contribution in [3.63, 3.8) is 0 Å². The van der Waals surface area contributed by atoms with Crippen LogP contribution < -0.4 is 17.0 Å². The molecular formula is C13H13F3N4. The number of anilines is 1. The fourth-order valence-electron chi connectivity index (χ4n) is 1.91. The maximum Gasteiger partial charge on any atom is 0.416 e. The van der Waals surface area contributed by atoms with Gasteiger partial charge in [-0.3, -0.25) is 10.8 Å². The lowest BCUT2D eigenvalue weighted by Gasteiger charge is -2.20. The van der Waals surface area contributed by atoms with Crippen molar-refractivity contribution < 1.29 is 13.2 Å². The minimum absolute atomic E-state index is 0.227. The molecule has 0 aliphatic carbocycles. The molecule has 0 saturated heterocycles. The third-order valence-corrected chi connectivity index (χ3v) is 2.91. The Morgan fingerprint density at radius 3 is 2.50 bits per heavy atom. The third kappa shape index (κ3) is 2.89. The molecule has 1 atom stereocenters. The first kappa shape index (κ1) is 14.3. The fourth-order valence-corrected chi connectivity index (χ4v) is 1.91. The highest BCUT2D eigenvalue weighted by Gasteiger charge is 2.31. The van der Waals surface area contributed by atoms with E-state index in [1.165, 1.54) is 12.3 Å². The second kappa shape index (κ2) is 5.48. The van der Waals surface area contributed by atoms with Crippen LogP contribution in [0.5, 0.6) is 0 Å². The Labute approximate surface area is 113 Å². The minimum atomic E-state index is -4.43. The molecule has 106 valence electrons. The van der Waals surface area contributed by atoms with Gasteiger partial charge in [-0.2, -0.15) is 13.2 Å². The van der Waals surface area contributed by atoms with Crippen molar-refractivity contribution in [3.05, 3.63) is 59.4 Å². The number of nitrogens with two attached hydrogens (primary N) is 2. The summed E-state index contributed by atoms with van der Waals surface area (Å²) in [6.45, 7) is 0. The van der Waals surface area contributed by atoms with Gasteiger partial charge in [0.25, 0.3) is 0 Å². The maximum atomic E-state index is 12.8. The van der Waals surface area contributed by atoms with Gasteiger partial charge in [0.2, 0.25) is 0 Å². The summed E-state index contributed by atoms with van der Waals surface area (Å²) < 4.78 is 38.3. The molecular weight excluding hydrogens is 269 g/mol. The lowest BCUT2D eigenvalue weighted by atomic mass is 9.97. The van der Waals surface area contributed by atoms with Crippen LogP contribution in [0.3, 0.4) is 0 Å². The lowest BCUT2D eigenvalue weighted by Crippen LogP contribution is -2.29. The number of benzene rings is 1. The van der Waals surface area contributed by atoms with Gasteiger partial charge in [0.15, 0.2) is 0 Å². The van der Waals surface area contributed by atoms with E-state index >= 15 is 0 Å². The smallest absolute Gasteiger partial charge is 0.398 e. The Morgan fingerprint density at radius 1 is 1.20 bits per heavy atom. The van der Waals surface area contributed by atoms with Gasteiger partial charge in [-0.15, -0.1) is 0 Å². The zero-order valence-corrected chi connectivity index (χ0v) is 10.4. The van der Waals surface area contributed by atoms with E-state index in [1.54, 1.807) is 18.3 Å². The van der Waals surface area contributed by atoms with Gasteiger partial charge >= 0.3 is 6.18 Å². The second-order valence-electron chi connectivity index (χ2n) is 4.23. The van der Waals surface area contributed by atoms with E-state index in [-0.39, 0.29) is 11.3 Å². The summed E-state index contributed by atoms with van der Waals surface area (Å²) in [6.07, 6.45) is -1.35. The third-order valence-electron chi connectivity index (χ3n) is 2.91. The molecule has 2 rings (SSSR count). The number of nitrogens with zero attached hydrogens (tertiary/aromatic N) is 1. The normalized spacial score (nSPS) is 13.2. The van der Waals surface area contributed by atoms with E-state index in [0.717, 1.165) is 12.1 Å². The van der Waals surface area contributed by atoms with Crippen LogP contribution >= 0.6 is 0 Å². The van der Waals surface area contributed by atoms with Gasteiger partial charge < -0.3 is 5.73 Å². The molecule has 2 aromatic rings. The summed E-state index contributed by atoms with van der Waals surface area (Å²) >= 11 is 0. The summed E-state index contributed by atoms with van der Waals surface area (Å²) in [6, 6.07) is 5.87. The van der Waals surface area contributed by atoms with Crippen molar-refractivity contribution in [1.82, 2.24) is 10.4 Å². The fraction of sp³-hybridized carbons (Fsp3) is 0.154. The first-order chi connectivity index (χ1) is 9.43. The van der Waals surface area contributed by atoms with Gasteiger partial charge in [0.05, 0.1) is 11.6 Å². The number of nitrogens with one attached hydrogen (secondary N) is 1. The molecule has 7 heteroatoms. The number of aromatic nitrogens is 1. The highest BCUT2D eigenvalue weighted by molar-refractivity contribution is 5.53. The summed E-state index contributed by atoms with van der Waals surface area (Å²) in [5.74, 6) is 5.45. The maximum absolute atomic E-state index is 12.8. The molecule has 0 radical (unpaired) electrons. The van der Waals surface area contributed by atoms with Gasteiger partial charge in [0.1, 0.15) is 0 Å². The molecule has 0 bridgehead atoms. The summed E-state index contributed by atoms with van der Waals surface area (Å²) in [7, 11) is 0. The first-order valence-corrected chi connectivity index (χ1v) is 5.76. The van der Waals surface area contributed by atoms with E-state index in [4.69, 9.17) is 11.6 Å². The van der Waals surface area contributed by atoms with E-state index in [1.807, 2.05) is 0 Å². The van der Waals surface area contributed by atoms with Crippen LogP contribution in [0.25, 0.3) is 0 Å². The molecule has 1 unspecified atom stereocenters. The number of pyridine rings is 1. The first-order valence-electron chi connectivity index (χ1n) is 5.76. The average Bonchev–Trinajstić information content (AvgIpc) is 2.41. The van der Waals surface area contributed by atoms with Crippen LogP contribution in [0.15, 0.2) is 42.7 Å². The van der Waals surface area contributed by atoms with Crippen molar-refractivity contribution in [2.75, 3.05) is 5.73 Å². The number of halogens is 3. The molecule has 1 aromatic heterocycles. The monoisotopic (exact) mass is 282 g/mol. The molecule has 0 fully saturated rings. The SMILES string of the molecule is NNC(c1cccnc1)c1cc(C(F)(F)F)ccc1N. The van der Waals surface area contributed by atoms with Crippen LogP contribution in [-0.2, 0) is 6.18 Å². The van der Waals surface area contributed by atoms with Crippen molar-refractivity contribution in [3.8, 4) is 0 Å². The van der Waals surface area contributed by atoms with E-state index in [0.29, 0.717) is 5.56 Å². The Hall–Kier alpha value is -2.12. The average molecular weight is 282 g/mol.